The Morgan fingerprint density at radius 1 is 1.39 bits per heavy atom. The van der Waals surface area contributed by atoms with Crippen LogP contribution in [0.1, 0.15) is 32.6 Å². The molecule has 1 rings (SSSR count). The van der Waals surface area contributed by atoms with Crippen LogP contribution in [0.25, 0.3) is 0 Å². The number of nitrogens with one attached hydrogen (secondary N) is 1. The molecule has 0 saturated carbocycles. The number of aliphatic hydroxyl groups excluding tert-OH is 1. The highest BCUT2D eigenvalue weighted by molar-refractivity contribution is 7.89. The van der Waals surface area contributed by atoms with E-state index in [0.717, 1.165) is 19.3 Å². The summed E-state index contributed by atoms with van der Waals surface area (Å²) in [7, 11) is -3.44. The number of nitrogens with zero attached hydrogens (tertiary/aromatic N) is 2. The maximum atomic E-state index is 11.9. The maximum Gasteiger partial charge on any atom is 0.243 e. The average Bonchev–Trinajstić information content (AvgIpc) is 2.81. The summed E-state index contributed by atoms with van der Waals surface area (Å²) in [6.07, 6.45) is 6.29. The summed E-state index contributed by atoms with van der Waals surface area (Å²) in [6, 6.07) is 0. The topological polar surface area (TPSA) is 84.2 Å². The van der Waals surface area contributed by atoms with E-state index in [1.54, 1.807) is 0 Å². The van der Waals surface area contributed by atoms with Gasteiger partial charge < -0.3 is 5.11 Å². The highest BCUT2D eigenvalue weighted by atomic mass is 32.2. The molecule has 0 atom stereocenters. The lowest BCUT2D eigenvalue weighted by atomic mass is 10.3. The van der Waals surface area contributed by atoms with E-state index in [1.165, 1.54) is 17.1 Å². The summed E-state index contributed by atoms with van der Waals surface area (Å²) in [5.74, 6) is 0. The van der Waals surface area contributed by atoms with Crippen LogP contribution >= 0.6 is 0 Å². The number of rotatable bonds is 9. The first-order valence-corrected chi connectivity index (χ1v) is 7.71. The van der Waals surface area contributed by atoms with Gasteiger partial charge in [0.15, 0.2) is 0 Å². The van der Waals surface area contributed by atoms with Crippen molar-refractivity contribution in [1.29, 1.82) is 0 Å². The van der Waals surface area contributed by atoms with Crippen molar-refractivity contribution < 1.29 is 13.5 Å². The lowest BCUT2D eigenvalue weighted by molar-refractivity contribution is 0.277. The smallest absolute Gasteiger partial charge is 0.243 e. The van der Waals surface area contributed by atoms with Crippen LogP contribution < -0.4 is 4.72 Å². The van der Waals surface area contributed by atoms with Gasteiger partial charge in [-0.2, -0.15) is 5.10 Å². The molecule has 0 radical (unpaired) electrons. The van der Waals surface area contributed by atoms with Crippen molar-refractivity contribution in [3.8, 4) is 0 Å². The van der Waals surface area contributed by atoms with Gasteiger partial charge in [0.2, 0.25) is 10.0 Å². The minimum absolute atomic E-state index is 0.0667. The molecule has 1 aromatic rings. The molecule has 0 fully saturated rings. The molecule has 1 heterocycles. The van der Waals surface area contributed by atoms with Crippen LogP contribution in [0, 0.1) is 0 Å². The molecule has 0 aliphatic carbocycles. The van der Waals surface area contributed by atoms with E-state index in [0.29, 0.717) is 19.5 Å². The second kappa shape index (κ2) is 7.50. The van der Waals surface area contributed by atoms with Crippen LogP contribution in [0.5, 0.6) is 0 Å². The van der Waals surface area contributed by atoms with Gasteiger partial charge in [0.1, 0.15) is 4.90 Å². The third-order valence-electron chi connectivity index (χ3n) is 2.54. The fraction of sp³-hybridized carbons (Fsp3) is 0.727. The molecule has 7 heteroatoms. The number of hydrogen-bond donors (Lipinski definition) is 2. The molecule has 0 amide bonds. The van der Waals surface area contributed by atoms with Gasteiger partial charge in [-0.25, -0.2) is 13.1 Å². The Labute approximate surface area is 108 Å². The quantitative estimate of drug-likeness (QED) is 0.651. The zero-order valence-electron chi connectivity index (χ0n) is 10.7. The molecule has 0 aromatic carbocycles. The fourth-order valence-corrected chi connectivity index (χ4v) is 2.53. The molecule has 104 valence electrons. The van der Waals surface area contributed by atoms with E-state index in [4.69, 9.17) is 5.11 Å². The van der Waals surface area contributed by atoms with Gasteiger partial charge in [-0.1, -0.05) is 19.8 Å². The van der Waals surface area contributed by atoms with Crippen LogP contribution in [-0.2, 0) is 16.6 Å². The average molecular weight is 275 g/mol. The Morgan fingerprint density at radius 2 is 2.17 bits per heavy atom. The van der Waals surface area contributed by atoms with Crippen LogP contribution in [0.15, 0.2) is 17.3 Å². The normalized spacial score (nSPS) is 11.9. The van der Waals surface area contributed by atoms with Gasteiger partial charge in [-0.3, -0.25) is 4.68 Å². The van der Waals surface area contributed by atoms with Crippen molar-refractivity contribution >= 4 is 10.0 Å². The van der Waals surface area contributed by atoms with Crippen molar-refractivity contribution in [3.63, 3.8) is 0 Å². The molecule has 0 aliphatic heterocycles. The maximum absolute atomic E-state index is 11.9. The van der Waals surface area contributed by atoms with Gasteiger partial charge in [-0.15, -0.1) is 0 Å². The predicted molar refractivity (Wildman–Crippen MR) is 68.6 cm³/mol. The Kier molecular flexibility index (Phi) is 6.31. The molecule has 0 bridgehead atoms. The molecular formula is C11H21N3O3S. The monoisotopic (exact) mass is 275 g/mol. The first-order chi connectivity index (χ1) is 8.60. The lowest BCUT2D eigenvalue weighted by Crippen LogP contribution is -2.24. The largest absolute Gasteiger partial charge is 0.396 e. The standard InChI is InChI=1S/C11H21N3O3S/c1-2-3-4-6-13-18(16,17)11-9-12-14(10-11)7-5-8-15/h9-10,13,15H,2-8H2,1H3. The number of aryl methyl sites for hydroxylation is 1. The minimum atomic E-state index is -3.44. The van der Waals surface area contributed by atoms with E-state index in [1.807, 2.05) is 0 Å². The van der Waals surface area contributed by atoms with E-state index in [2.05, 4.69) is 16.7 Å². The van der Waals surface area contributed by atoms with Gasteiger partial charge in [0.25, 0.3) is 0 Å². The van der Waals surface area contributed by atoms with Gasteiger partial charge in [0, 0.05) is 25.9 Å². The van der Waals surface area contributed by atoms with Crippen molar-refractivity contribution in [3.05, 3.63) is 12.4 Å². The molecule has 6 nitrogen and oxygen atoms in total. The molecule has 1 aromatic heterocycles. The molecule has 18 heavy (non-hydrogen) atoms. The van der Waals surface area contributed by atoms with E-state index in [9.17, 15) is 8.42 Å². The van der Waals surface area contributed by atoms with Crippen LogP contribution in [0.2, 0.25) is 0 Å². The fourth-order valence-electron chi connectivity index (χ4n) is 1.50. The first kappa shape index (κ1) is 15.1. The van der Waals surface area contributed by atoms with Crippen molar-refractivity contribution in [2.24, 2.45) is 0 Å². The van der Waals surface area contributed by atoms with E-state index >= 15 is 0 Å². The number of aromatic nitrogens is 2. The van der Waals surface area contributed by atoms with Gasteiger partial charge >= 0.3 is 0 Å². The number of hydrogen-bond acceptors (Lipinski definition) is 4. The van der Waals surface area contributed by atoms with Gasteiger partial charge in [-0.05, 0) is 12.8 Å². The summed E-state index contributed by atoms with van der Waals surface area (Å²) in [4.78, 5) is 0.178. The molecule has 0 saturated heterocycles. The number of sulfonamides is 1. The number of unbranched alkanes of at least 4 members (excludes halogenated alkanes) is 2. The third-order valence-corrected chi connectivity index (χ3v) is 3.95. The van der Waals surface area contributed by atoms with E-state index in [-0.39, 0.29) is 11.5 Å². The molecule has 0 unspecified atom stereocenters. The SMILES string of the molecule is CCCCCNS(=O)(=O)c1cnn(CCCO)c1. The van der Waals surface area contributed by atoms with Crippen molar-refractivity contribution in [2.75, 3.05) is 13.2 Å². The van der Waals surface area contributed by atoms with Crippen LogP contribution in [0.4, 0.5) is 0 Å². The zero-order valence-corrected chi connectivity index (χ0v) is 11.5. The Hall–Kier alpha value is -0.920. The van der Waals surface area contributed by atoms with E-state index < -0.39 is 10.0 Å². The molecule has 0 aliphatic rings. The summed E-state index contributed by atoms with van der Waals surface area (Å²) < 4.78 is 27.8. The van der Waals surface area contributed by atoms with Crippen molar-refractivity contribution in [2.45, 2.75) is 44.0 Å². The van der Waals surface area contributed by atoms with Gasteiger partial charge in [0.05, 0.1) is 6.20 Å². The molecule has 0 spiro atoms. The summed E-state index contributed by atoms with van der Waals surface area (Å²) in [5.41, 5.74) is 0. The first-order valence-electron chi connectivity index (χ1n) is 6.23. The Balaban J connectivity index is 2.53. The second-order valence-corrected chi connectivity index (χ2v) is 5.89. The summed E-state index contributed by atoms with van der Waals surface area (Å²) >= 11 is 0. The van der Waals surface area contributed by atoms with Crippen LogP contribution in [0.3, 0.4) is 0 Å². The Bertz CT molecular complexity index is 442. The number of aliphatic hydroxyl groups is 1. The van der Waals surface area contributed by atoms with Crippen molar-refractivity contribution in [1.82, 2.24) is 14.5 Å². The second-order valence-electron chi connectivity index (χ2n) is 4.12. The lowest BCUT2D eigenvalue weighted by Gasteiger charge is -2.03. The summed E-state index contributed by atoms with van der Waals surface area (Å²) in [5, 5.41) is 12.6. The molecular weight excluding hydrogens is 254 g/mol. The predicted octanol–water partition coefficient (Wildman–Crippen LogP) is 0.734. The third kappa shape index (κ3) is 4.75. The summed E-state index contributed by atoms with van der Waals surface area (Å²) in [6.45, 7) is 3.11. The minimum Gasteiger partial charge on any atom is -0.396 e. The highest BCUT2D eigenvalue weighted by Gasteiger charge is 2.15. The zero-order chi connectivity index (χ0) is 13.4. The Morgan fingerprint density at radius 3 is 2.83 bits per heavy atom. The molecule has 2 N–H and O–H groups in total. The highest BCUT2D eigenvalue weighted by Crippen LogP contribution is 2.07. The van der Waals surface area contributed by atoms with Crippen LogP contribution in [-0.4, -0.2) is 36.5 Å².